The largest absolute Gasteiger partial charge is 0.533 e. The molecule has 0 saturated heterocycles. The van der Waals surface area contributed by atoms with Crippen molar-refractivity contribution >= 4 is 6.29 Å². The van der Waals surface area contributed by atoms with Gasteiger partial charge in [-0.15, -0.1) is 11.6 Å². The van der Waals surface area contributed by atoms with E-state index >= 15 is 0 Å². The number of carbonyl (C=O) groups excluding carboxylic acids is 1. The predicted molar refractivity (Wildman–Crippen MR) is 65.9 cm³/mol. The molecular weight excluding hydrogens is 301 g/mol. The summed E-state index contributed by atoms with van der Waals surface area (Å²) >= 11 is 0. The maximum atomic E-state index is 10.8. The van der Waals surface area contributed by atoms with E-state index in [0.717, 1.165) is 17.4 Å². The molecule has 1 unspecified atom stereocenters. The first-order valence-electron chi connectivity index (χ1n) is 5.50. The molecule has 18 heavy (non-hydrogen) atoms. The molecule has 2 nitrogen and oxygen atoms in total. The number of rotatable bonds is 4. The number of carbonyl (C=O) groups is 1. The first-order valence-corrected chi connectivity index (χ1v) is 5.50. The van der Waals surface area contributed by atoms with Crippen LogP contribution in [0.4, 0.5) is 0 Å². The minimum Gasteiger partial charge on any atom is -0.533 e. The molecule has 0 spiro atoms. The molecule has 1 N–H and O–H groups in total. The Kier molecular flexibility index (Phi) is 6.24. The van der Waals surface area contributed by atoms with Crippen molar-refractivity contribution in [2.24, 2.45) is 0 Å². The van der Waals surface area contributed by atoms with E-state index in [9.17, 15) is 9.90 Å². The standard InChI is InChI=1S/C15H13O2.Y/c16-11-10-13(12-6-2-1-3-7-12)14-8-4-5-9-15(14)17;/h1-3,5-9,11,13,17H,10H2;/q-1;. The van der Waals surface area contributed by atoms with Crippen LogP contribution in [0.5, 0.6) is 5.75 Å². The molecule has 2 rings (SSSR count). The number of hydrogen-bond acceptors (Lipinski definition) is 2. The molecular formula is C15H13O2Y-. The Morgan fingerprint density at radius 3 is 2.56 bits per heavy atom. The van der Waals surface area contributed by atoms with E-state index in [1.165, 1.54) is 0 Å². The normalized spacial score (nSPS) is 11.3. The quantitative estimate of drug-likeness (QED) is 0.696. The Hall–Kier alpha value is -0.986. The van der Waals surface area contributed by atoms with Crippen molar-refractivity contribution in [3.8, 4) is 5.75 Å². The van der Waals surface area contributed by atoms with Crippen LogP contribution in [0.2, 0.25) is 0 Å². The maximum Gasteiger partial charge on any atom is 0.119 e. The second-order valence-electron chi connectivity index (χ2n) is 3.85. The second kappa shape index (κ2) is 7.45. The minimum absolute atomic E-state index is 0. The third kappa shape index (κ3) is 3.50. The summed E-state index contributed by atoms with van der Waals surface area (Å²) in [6.07, 6.45) is 1.24. The number of aromatic hydroxyl groups is 1. The van der Waals surface area contributed by atoms with Gasteiger partial charge in [0.2, 0.25) is 0 Å². The fourth-order valence-electron chi connectivity index (χ4n) is 1.94. The molecule has 2 aromatic carbocycles. The molecule has 0 heterocycles. The Morgan fingerprint density at radius 2 is 1.94 bits per heavy atom. The third-order valence-corrected chi connectivity index (χ3v) is 2.78. The molecule has 0 aliphatic carbocycles. The van der Waals surface area contributed by atoms with E-state index in [4.69, 9.17) is 0 Å². The van der Waals surface area contributed by atoms with Crippen molar-refractivity contribution < 1.29 is 42.6 Å². The van der Waals surface area contributed by atoms with Crippen molar-refractivity contribution in [1.29, 1.82) is 0 Å². The summed E-state index contributed by atoms with van der Waals surface area (Å²) in [5.41, 5.74) is 1.76. The predicted octanol–water partition coefficient (Wildman–Crippen LogP) is 2.91. The first kappa shape index (κ1) is 15.1. The molecule has 2 aromatic rings. The zero-order valence-electron chi connectivity index (χ0n) is 9.91. The molecule has 0 aliphatic rings. The average molecular weight is 314 g/mol. The van der Waals surface area contributed by atoms with Crippen molar-refractivity contribution in [1.82, 2.24) is 0 Å². The molecule has 0 fully saturated rings. The van der Waals surface area contributed by atoms with Crippen LogP contribution in [0.1, 0.15) is 23.5 Å². The van der Waals surface area contributed by atoms with Gasteiger partial charge in [0.05, 0.1) is 0 Å². The van der Waals surface area contributed by atoms with Crippen LogP contribution in [0.3, 0.4) is 0 Å². The molecule has 0 saturated carbocycles. The van der Waals surface area contributed by atoms with Gasteiger partial charge in [0.25, 0.3) is 0 Å². The average Bonchev–Trinajstić information content (AvgIpc) is 2.38. The van der Waals surface area contributed by atoms with Crippen molar-refractivity contribution in [2.75, 3.05) is 0 Å². The van der Waals surface area contributed by atoms with Gasteiger partial charge >= 0.3 is 0 Å². The minimum atomic E-state index is -0.105. The van der Waals surface area contributed by atoms with Gasteiger partial charge in [-0.25, -0.2) is 0 Å². The van der Waals surface area contributed by atoms with Crippen LogP contribution in [-0.2, 0) is 37.5 Å². The summed E-state index contributed by atoms with van der Waals surface area (Å²) in [7, 11) is 0. The van der Waals surface area contributed by atoms with Crippen LogP contribution >= 0.6 is 0 Å². The second-order valence-corrected chi connectivity index (χ2v) is 3.85. The summed E-state index contributed by atoms with van der Waals surface area (Å²) in [6.45, 7) is 0. The fraction of sp³-hybridized carbons (Fsp3) is 0.133. The summed E-state index contributed by atoms with van der Waals surface area (Å²) in [5.74, 6) is 0.102. The van der Waals surface area contributed by atoms with Crippen LogP contribution < -0.4 is 0 Å². The summed E-state index contributed by atoms with van der Waals surface area (Å²) in [5, 5.41) is 9.83. The van der Waals surface area contributed by atoms with Crippen LogP contribution in [0, 0.1) is 6.07 Å². The topological polar surface area (TPSA) is 37.3 Å². The van der Waals surface area contributed by atoms with Crippen molar-refractivity contribution in [3.05, 3.63) is 65.7 Å². The van der Waals surface area contributed by atoms with Crippen molar-refractivity contribution in [2.45, 2.75) is 12.3 Å². The van der Waals surface area contributed by atoms with E-state index in [2.05, 4.69) is 6.07 Å². The fourth-order valence-corrected chi connectivity index (χ4v) is 1.94. The van der Waals surface area contributed by atoms with E-state index in [1.807, 2.05) is 30.3 Å². The number of phenolic OH excluding ortho intramolecular Hbond substituents is 1. The van der Waals surface area contributed by atoms with E-state index in [1.54, 1.807) is 18.2 Å². The molecule has 1 radical (unpaired) electrons. The SMILES string of the molecule is O=CCC(c1ccccc1)c1c[c-]ccc1O.[Y]. The van der Waals surface area contributed by atoms with Crippen molar-refractivity contribution in [3.63, 3.8) is 0 Å². The van der Waals surface area contributed by atoms with E-state index in [-0.39, 0.29) is 44.4 Å². The van der Waals surface area contributed by atoms with Gasteiger partial charge in [-0.05, 0) is 5.92 Å². The summed E-state index contributed by atoms with van der Waals surface area (Å²) < 4.78 is 0. The molecule has 89 valence electrons. The van der Waals surface area contributed by atoms with E-state index < -0.39 is 0 Å². The Morgan fingerprint density at radius 1 is 1.22 bits per heavy atom. The number of hydrogen-bond donors (Lipinski definition) is 1. The monoisotopic (exact) mass is 314 g/mol. The number of phenols is 1. The van der Waals surface area contributed by atoms with E-state index in [0.29, 0.717) is 6.42 Å². The maximum absolute atomic E-state index is 10.8. The zero-order chi connectivity index (χ0) is 12.1. The van der Waals surface area contributed by atoms with Gasteiger partial charge in [0.15, 0.2) is 0 Å². The zero-order valence-corrected chi connectivity index (χ0v) is 12.8. The molecule has 0 bridgehead atoms. The van der Waals surface area contributed by atoms with Gasteiger partial charge in [0.1, 0.15) is 6.29 Å². The molecule has 1 atom stereocenters. The Balaban J connectivity index is 0.00000162. The van der Waals surface area contributed by atoms with Gasteiger partial charge < -0.3 is 9.90 Å². The summed E-state index contributed by atoms with van der Waals surface area (Å²) in [4.78, 5) is 10.8. The Labute approximate surface area is 132 Å². The van der Waals surface area contributed by atoms with Gasteiger partial charge in [-0.2, -0.15) is 18.2 Å². The van der Waals surface area contributed by atoms with Crippen LogP contribution in [-0.4, -0.2) is 11.4 Å². The Bertz CT molecular complexity index is 497. The number of aldehydes is 1. The smallest absolute Gasteiger partial charge is 0.119 e. The summed E-state index contributed by atoms with van der Waals surface area (Å²) in [6, 6.07) is 17.6. The van der Waals surface area contributed by atoms with Crippen LogP contribution in [0.25, 0.3) is 0 Å². The third-order valence-electron chi connectivity index (χ3n) is 2.78. The first-order chi connectivity index (χ1) is 8.33. The molecule has 3 heteroatoms. The molecule has 0 aliphatic heterocycles. The number of benzene rings is 2. The molecule has 0 amide bonds. The molecule has 0 aromatic heterocycles. The van der Waals surface area contributed by atoms with Gasteiger partial charge in [-0.3, -0.25) is 0 Å². The van der Waals surface area contributed by atoms with Gasteiger partial charge in [-0.1, -0.05) is 35.9 Å². The van der Waals surface area contributed by atoms with Crippen LogP contribution in [0.15, 0.2) is 48.5 Å². The van der Waals surface area contributed by atoms with Gasteiger partial charge in [0, 0.05) is 44.9 Å².